The smallest absolute Gasteiger partial charge is 0.308 e. The molecule has 5 nitrogen and oxygen atoms in total. The summed E-state index contributed by atoms with van der Waals surface area (Å²) in [6, 6.07) is 5.68. The van der Waals surface area contributed by atoms with Crippen molar-refractivity contribution in [3.63, 3.8) is 0 Å². The quantitative estimate of drug-likeness (QED) is 0.906. The number of carbonyl (C=O) groups is 2. The lowest BCUT2D eigenvalue weighted by Crippen LogP contribution is -2.49. The molecule has 2 rings (SSSR count). The molecule has 1 aliphatic heterocycles. The van der Waals surface area contributed by atoms with Crippen LogP contribution in [-0.2, 0) is 9.59 Å². The lowest BCUT2D eigenvalue weighted by molar-refractivity contribution is -0.149. The number of nitrogens with zero attached hydrogens (tertiary/aromatic N) is 1. The van der Waals surface area contributed by atoms with Gasteiger partial charge in [-0.2, -0.15) is 0 Å². The zero-order valence-electron chi connectivity index (χ0n) is 14.0. The average Bonchev–Trinajstić information content (AvgIpc) is 2.49. The first kappa shape index (κ1) is 17.3. The van der Waals surface area contributed by atoms with Gasteiger partial charge in [-0.1, -0.05) is 17.7 Å². The van der Waals surface area contributed by atoms with Crippen LogP contribution in [0.5, 0.6) is 5.75 Å². The average molecular weight is 319 g/mol. The lowest BCUT2D eigenvalue weighted by Gasteiger charge is -2.37. The maximum absolute atomic E-state index is 12.4. The molecule has 1 N–H and O–H groups in total. The molecule has 0 radical (unpaired) electrons. The zero-order chi connectivity index (χ0) is 17.0. The van der Waals surface area contributed by atoms with E-state index >= 15 is 0 Å². The molecule has 0 aliphatic carbocycles. The minimum atomic E-state index is -0.818. The Hall–Kier alpha value is -2.04. The molecule has 1 amide bonds. The monoisotopic (exact) mass is 319 g/mol. The molecule has 1 aromatic rings. The van der Waals surface area contributed by atoms with E-state index in [1.165, 1.54) is 5.56 Å². The summed E-state index contributed by atoms with van der Waals surface area (Å²) in [5.74, 6) is -0.527. The first-order chi connectivity index (χ1) is 10.9. The Morgan fingerprint density at radius 3 is 2.74 bits per heavy atom. The molecule has 2 atom stereocenters. The molecule has 126 valence electrons. The van der Waals surface area contributed by atoms with Crippen LogP contribution in [0.1, 0.15) is 37.3 Å². The molecule has 0 aromatic heterocycles. The topological polar surface area (TPSA) is 66.8 Å². The molecule has 1 aliphatic rings. The molecule has 0 saturated carbocycles. The van der Waals surface area contributed by atoms with E-state index in [4.69, 9.17) is 4.74 Å². The first-order valence-corrected chi connectivity index (χ1v) is 8.12. The van der Waals surface area contributed by atoms with Gasteiger partial charge in [0.1, 0.15) is 5.75 Å². The highest BCUT2D eigenvalue weighted by Crippen LogP contribution is 2.24. The summed E-state index contributed by atoms with van der Waals surface area (Å²) in [7, 11) is 0. The van der Waals surface area contributed by atoms with Gasteiger partial charge in [0.05, 0.1) is 18.9 Å². The molecular formula is C18H25NO4. The van der Waals surface area contributed by atoms with Gasteiger partial charge >= 0.3 is 5.97 Å². The highest BCUT2D eigenvalue weighted by Gasteiger charge is 2.34. The van der Waals surface area contributed by atoms with Crippen LogP contribution >= 0.6 is 0 Å². The van der Waals surface area contributed by atoms with Crippen LogP contribution in [0.3, 0.4) is 0 Å². The van der Waals surface area contributed by atoms with Crippen molar-refractivity contribution in [1.29, 1.82) is 0 Å². The Bertz CT molecular complexity index is 584. The van der Waals surface area contributed by atoms with Crippen molar-refractivity contribution in [1.82, 2.24) is 4.90 Å². The molecule has 1 aromatic carbocycles. The van der Waals surface area contributed by atoms with Crippen molar-refractivity contribution in [3.05, 3.63) is 29.3 Å². The van der Waals surface area contributed by atoms with Gasteiger partial charge in [-0.15, -0.1) is 0 Å². The fourth-order valence-electron chi connectivity index (χ4n) is 3.18. The molecule has 1 fully saturated rings. The van der Waals surface area contributed by atoms with Gasteiger partial charge in [0.25, 0.3) is 0 Å². The van der Waals surface area contributed by atoms with Gasteiger partial charge in [0.15, 0.2) is 0 Å². The summed E-state index contributed by atoms with van der Waals surface area (Å²) in [5, 5.41) is 9.22. The van der Waals surface area contributed by atoms with E-state index in [0.717, 1.165) is 17.7 Å². The number of carbonyl (C=O) groups excluding carboxylic acids is 1. The number of ether oxygens (including phenoxy) is 1. The summed E-state index contributed by atoms with van der Waals surface area (Å²) in [6.07, 6.45) is 1.65. The molecule has 0 spiro atoms. The summed E-state index contributed by atoms with van der Waals surface area (Å²) in [5.41, 5.74) is 2.22. The predicted molar refractivity (Wildman–Crippen MR) is 87.6 cm³/mol. The third-order valence-electron chi connectivity index (χ3n) is 4.53. The molecule has 5 heteroatoms. The minimum Gasteiger partial charge on any atom is -0.493 e. The van der Waals surface area contributed by atoms with Crippen LogP contribution in [0.4, 0.5) is 0 Å². The first-order valence-electron chi connectivity index (χ1n) is 8.12. The number of amides is 1. The SMILES string of the molecule is Cc1ccc(OCCC(=O)N2CCC[C@@H](C(=O)O)[C@H]2C)c(C)c1. The van der Waals surface area contributed by atoms with Crippen molar-refractivity contribution in [2.24, 2.45) is 5.92 Å². The number of piperidine rings is 1. The van der Waals surface area contributed by atoms with Crippen LogP contribution < -0.4 is 4.74 Å². The van der Waals surface area contributed by atoms with E-state index in [1.807, 2.05) is 39.0 Å². The maximum atomic E-state index is 12.4. The second-order valence-electron chi connectivity index (χ2n) is 6.28. The Kier molecular flexibility index (Phi) is 5.64. The number of benzene rings is 1. The van der Waals surface area contributed by atoms with Gasteiger partial charge < -0.3 is 14.7 Å². The number of rotatable bonds is 5. The highest BCUT2D eigenvalue weighted by atomic mass is 16.5. The Labute approximate surface area is 137 Å². The van der Waals surface area contributed by atoms with Crippen molar-refractivity contribution >= 4 is 11.9 Å². The summed E-state index contributed by atoms with van der Waals surface area (Å²) >= 11 is 0. The number of carboxylic acids is 1. The second-order valence-corrected chi connectivity index (χ2v) is 6.28. The minimum absolute atomic E-state index is 0.0341. The van der Waals surface area contributed by atoms with Crippen molar-refractivity contribution in [2.75, 3.05) is 13.2 Å². The van der Waals surface area contributed by atoms with E-state index in [2.05, 4.69) is 0 Å². The molecular weight excluding hydrogens is 294 g/mol. The largest absolute Gasteiger partial charge is 0.493 e. The fraction of sp³-hybridized carbons (Fsp3) is 0.556. The van der Waals surface area contributed by atoms with Crippen LogP contribution in [0.2, 0.25) is 0 Å². The standard InChI is InChI=1S/C18H25NO4/c1-12-6-7-16(13(2)11-12)23-10-8-17(20)19-9-4-5-15(14(19)3)18(21)22/h6-7,11,14-15H,4-5,8-10H2,1-3H3,(H,21,22)/t14-,15-/m1/s1. The van der Waals surface area contributed by atoms with Gasteiger partial charge in [-0.25, -0.2) is 0 Å². The molecule has 0 bridgehead atoms. The van der Waals surface area contributed by atoms with Gasteiger partial charge in [0, 0.05) is 12.6 Å². The number of likely N-dealkylation sites (tertiary alicyclic amines) is 1. The van der Waals surface area contributed by atoms with E-state index in [0.29, 0.717) is 19.6 Å². The van der Waals surface area contributed by atoms with E-state index in [-0.39, 0.29) is 18.4 Å². The summed E-state index contributed by atoms with van der Waals surface area (Å²) in [4.78, 5) is 25.3. The highest BCUT2D eigenvalue weighted by molar-refractivity contribution is 5.78. The van der Waals surface area contributed by atoms with Gasteiger partial charge in [-0.3, -0.25) is 9.59 Å². The maximum Gasteiger partial charge on any atom is 0.308 e. The second kappa shape index (κ2) is 7.49. The van der Waals surface area contributed by atoms with Crippen LogP contribution in [0.15, 0.2) is 18.2 Å². The van der Waals surface area contributed by atoms with Crippen molar-refractivity contribution < 1.29 is 19.4 Å². The summed E-state index contributed by atoms with van der Waals surface area (Å²) < 4.78 is 5.70. The Balaban J connectivity index is 1.88. The summed E-state index contributed by atoms with van der Waals surface area (Å²) in [6.45, 7) is 6.77. The van der Waals surface area contributed by atoms with Gasteiger partial charge in [-0.05, 0) is 45.2 Å². The fourth-order valence-corrected chi connectivity index (χ4v) is 3.18. The van der Waals surface area contributed by atoms with Crippen LogP contribution in [-0.4, -0.2) is 41.1 Å². The van der Waals surface area contributed by atoms with Crippen LogP contribution in [0.25, 0.3) is 0 Å². The molecule has 0 unspecified atom stereocenters. The number of aryl methyl sites for hydroxylation is 2. The Morgan fingerprint density at radius 2 is 2.09 bits per heavy atom. The molecule has 23 heavy (non-hydrogen) atoms. The lowest BCUT2D eigenvalue weighted by atomic mass is 9.90. The number of aliphatic carboxylic acids is 1. The van der Waals surface area contributed by atoms with E-state index in [9.17, 15) is 14.7 Å². The number of carboxylic acid groups (broad SMARTS) is 1. The molecule has 1 saturated heterocycles. The zero-order valence-corrected chi connectivity index (χ0v) is 14.0. The molecule has 1 heterocycles. The number of hydrogen-bond donors (Lipinski definition) is 1. The van der Waals surface area contributed by atoms with Crippen LogP contribution in [0, 0.1) is 19.8 Å². The number of hydrogen-bond acceptors (Lipinski definition) is 3. The third-order valence-corrected chi connectivity index (χ3v) is 4.53. The predicted octanol–water partition coefficient (Wildman–Crippen LogP) is 2.78. The van der Waals surface area contributed by atoms with Crippen molar-refractivity contribution in [2.45, 2.75) is 46.1 Å². The third kappa shape index (κ3) is 4.24. The van der Waals surface area contributed by atoms with E-state index in [1.54, 1.807) is 4.90 Å². The Morgan fingerprint density at radius 1 is 1.35 bits per heavy atom. The van der Waals surface area contributed by atoms with Crippen molar-refractivity contribution in [3.8, 4) is 5.75 Å². The normalized spacial score (nSPS) is 21.1. The van der Waals surface area contributed by atoms with E-state index < -0.39 is 11.9 Å². The van der Waals surface area contributed by atoms with Gasteiger partial charge in [0.2, 0.25) is 5.91 Å².